The second-order valence-electron chi connectivity index (χ2n) is 4.70. The lowest BCUT2D eigenvalue weighted by Crippen LogP contribution is -2.11. The zero-order valence-electron chi connectivity index (χ0n) is 11.1. The van der Waals surface area contributed by atoms with Gasteiger partial charge in [0.2, 0.25) is 0 Å². The summed E-state index contributed by atoms with van der Waals surface area (Å²) in [5.74, 6) is 0. The van der Waals surface area contributed by atoms with Gasteiger partial charge in [0.1, 0.15) is 0 Å². The molecule has 1 heterocycles. The maximum Gasteiger partial charge on any atom is 0.0645 e. The number of aromatic nitrogens is 2. The molecule has 1 atom stereocenters. The van der Waals surface area contributed by atoms with Gasteiger partial charge in [-0.1, -0.05) is 56.1 Å². The van der Waals surface area contributed by atoms with Gasteiger partial charge in [-0.3, -0.25) is 0 Å². The summed E-state index contributed by atoms with van der Waals surface area (Å²) in [5, 5.41) is 4.39. The van der Waals surface area contributed by atoms with Crippen LogP contribution in [0.15, 0.2) is 69.9 Å². The molecule has 0 aliphatic heterocycles. The fourth-order valence-corrected chi connectivity index (χ4v) is 3.45. The van der Waals surface area contributed by atoms with Crippen LogP contribution in [0.4, 0.5) is 0 Å². The van der Waals surface area contributed by atoms with E-state index in [4.69, 9.17) is 5.73 Å². The van der Waals surface area contributed by atoms with E-state index in [0.717, 1.165) is 25.8 Å². The molecule has 0 aliphatic rings. The van der Waals surface area contributed by atoms with E-state index in [9.17, 15) is 0 Å². The van der Waals surface area contributed by atoms with E-state index in [0.29, 0.717) is 0 Å². The Hall–Kier alpha value is -1.43. The average Bonchev–Trinajstić information content (AvgIpc) is 2.97. The summed E-state index contributed by atoms with van der Waals surface area (Å²) in [4.78, 5) is 0. The Bertz CT molecular complexity index is 753. The number of benzene rings is 2. The summed E-state index contributed by atoms with van der Waals surface area (Å²) in [6.45, 7) is 0. The molecule has 3 aromatic rings. The van der Waals surface area contributed by atoms with Crippen LogP contribution in [0.1, 0.15) is 17.2 Å². The molecule has 0 bridgehead atoms. The summed E-state index contributed by atoms with van der Waals surface area (Å²) < 4.78 is 3.84. The highest BCUT2D eigenvalue weighted by atomic mass is 79.9. The van der Waals surface area contributed by atoms with Crippen molar-refractivity contribution in [3.05, 3.63) is 81.0 Å². The quantitative estimate of drug-likeness (QED) is 0.698. The lowest BCUT2D eigenvalue weighted by Gasteiger charge is -2.12. The molecule has 0 amide bonds. The largest absolute Gasteiger partial charge is 0.320 e. The maximum absolute atomic E-state index is 6.36. The van der Waals surface area contributed by atoms with Crippen LogP contribution in [0.2, 0.25) is 0 Å². The zero-order chi connectivity index (χ0) is 14.8. The second-order valence-corrected chi connectivity index (χ2v) is 6.47. The van der Waals surface area contributed by atoms with Crippen LogP contribution < -0.4 is 5.73 Å². The van der Waals surface area contributed by atoms with Crippen molar-refractivity contribution in [3.63, 3.8) is 0 Å². The van der Waals surface area contributed by atoms with Crippen molar-refractivity contribution in [1.29, 1.82) is 0 Å². The number of para-hydroxylation sites is 1. The van der Waals surface area contributed by atoms with Crippen LogP contribution in [0.25, 0.3) is 5.69 Å². The lowest BCUT2D eigenvalue weighted by molar-refractivity contribution is 0.857. The summed E-state index contributed by atoms with van der Waals surface area (Å²) in [6.07, 6.45) is 3.78. The maximum atomic E-state index is 6.36. The van der Waals surface area contributed by atoms with Gasteiger partial charge in [0.15, 0.2) is 0 Å². The van der Waals surface area contributed by atoms with Gasteiger partial charge < -0.3 is 5.73 Å². The van der Waals surface area contributed by atoms with Crippen LogP contribution in [0.3, 0.4) is 0 Å². The molecule has 0 radical (unpaired) electrons. The fraction of sp³-hybridized carbons (Fsp3) is 0.0625. The summed E-state index contributed by atoms with van der Waals surface area (Å²) in [6, 6.07) is 15.8. The van der Waals surface area contributed by atoms with Crippen molar-refractivity contribution in [3.8, 4) is 5.69 Å². The lowest BCUT2D eigenvalue weighted by atomic mass is 10.0. The Balaban J connectivity index is 1.92. The van der Waals surface area contributed by atoms with Gasteiger partial charge in [-0.2, -0.15) is 5.10 Å². The van der Waals surface area contributed by atoms with Crippen LogP contribution in [0, 0.1) is 0 Å². The van der Waals surface area contributed by atoms with Crippen molar-refractivity contribution in [2.24, 2.45) is 5.73 Å². The van der Waals surface area contributed by atoms with Crippen LogP contribution in [0.5, 0.6) is 0 Å². The van der Waals surface area contributed by atoms with E-state index < -0.39 is 0 Å². The minimum absolute atomic E-state index is 0.218. The molecule has 0 aliphatic carbocycles. The van der Waals surface area contributed by atoms with Gasteiger partial charge in [-0.05, 0) is 29.8 Å². The zero-order valence-corrected chi connectivity index (χ0v) is 14.3. The third kappa shape index (κ3) is 3.10. The first-order chi connectivity index (χ1) is 10.1. The highest BCUT2D eigenvalue weighted by Gasteiger charge is 2.14. The second kappa shape index (κ2) is 6.13. The summed E-state index contributed by atoms with van der Waals surface area (Å²) in [5.41, 5.74) is 9.39. The van der Waals surface area contributed by atoms with E-state index >= 15 is 0 Å². The molecule has 106 valence electrons. The number of hydrogen-bond donors (Lipinski definition) is 1. The molecule has 0 saturated carbocycles. The molecule has 2 N–H and O–H groups in total. The van der Waals surface area contributed by atoms with Crippen molar-refractivity contribution < 1.29 is 0 Å². The van der Waals surface area contributed by atoms with Crippen molar-refractivity contribution in [2.75, 3.05) is 0 Å². The molecule has 0 fully saturated rings. The molecule has 3 rings (SSSR count). The van der Waals surface area contributed by atoms with Crippen molar-refractivity contribution >= 4 is 31.9 Å². The van der Waals surface area contributed by atoms with Crippen LogP contribution >= 0.6 is 31.9 Å². The number of rotatable bonds is 3. The Labute approximate surface area is 140 Å². The molecule has 3 nitrogen and oxygen atoms in total. The first kappa shape index (κ1) is 14.5. The predicted molar refractivity (Wildman–Crippen MR) is 91.4 cm³/mol. The Morgan fingerprint density at radius 1 is 1.05 bits per heavy atom. The molecule has 21 heavy (non-hydrogen) atoms. The van der Waals surface area contributed by atoms with Crippen molar-refractivity contribution in [1.82, 2.24) is 9.78 Å². The molecule has 1 unspecified atom stereocenters. The van der Waals surface area contributed by atoms with Crippen molar-refractivity contribution in [2.45, 2.75) is 6.04 Å². The Morgan fingerprint density at radius 3 is 2.52 bits per heavy atom. The highest BCUT2D eigenvalue weighted by Crippen LogP contribution is 2.29. The molecule has 0 spiro atoms. The average molecular weight is 407 g/mol. The van der Waals surface area contributed by atoms with E-state index in [1.54, 1.807) is 0 Å². The van der Waals surface area contributed by atoms with E-state index in [1.165, 1.54) is 0 Å². The highest BCUT2D eigenvalue weighted by molar-refractivity contribution is 9.11. The Morgan fingerprint density at radius 2 is 1.81 bits per heavy atom. The molecule has 1 aromatic heterocycles. The summed E-state index contributed by atoms with van der Waals surface area (Å²) >= 11 is 7.01. The van der Waals surface area contributed by atoms with E-state index in [-0.39, 0.29) is 6.04 Å². The minimum Gasteiger partial charge on any atom is -0.320 e. The normalized spacial score (nSPS) is 12.3. The minimum atomic E-state index is -0.218. The van der Waals surface area contributed by atoms with Gasteiger partial charge in [0.25, 0.3) is 0 Å². The molecule has 5 heteroatoms. The number of nitrogens with two attached hydrogens (primary N) is 1. The number of nitrogens with zero attached hydrogens (tertiary/aromatic N) is 2. The van der Waals surface area contributed by atoms with Gasteiger partial charge >= 0.3 is 0 Å². The standard InChI is InChI=1S/C16H13Br2N3/c17-12-6-7-14(15(18)8-12)16(19)11-9-20-21(10-11)13-4-2-1-3-5-13/h1-10,16H,19H2. The topological polar surface area (TPSA) is 43.8 Å². The monoisotopic (exact) mass is 405 g/mol. The fourth-order valence-electron chi connectivity index (χ4n) is 2.15. The molecule has 0 saturated heterocycles. The Kier molecular flexibility index (Phi) is 4.24. The van der Waals surface area contributed by atoms with E-state index in [1.807, 2.05) is 65.6 Å². The van der Waals surface area contributed by atoms with E-state index in [2.05, 4.69) is 37.0 Å². The third-order valence-corrected chi connectivity index (χ3v) is 4.46. The van der Waals surface area contributed by atoms with Gasteiger partial charge in [0.05, 0.1) is 17.9 Å². The van der Waals surface area contributed by atoms with Gasteiger partial charge in [-0.15, -0.1) is 0 Å². The molecular formula is C16H13Br2N3. The van der Waals surface area contributed by atoms with Gasteiger partial charge in [-0.25, -0.2) is 4.68 Å². The predicted octanol–water partition coefficient (Wildman–Crippen LogP) is 4.45. The molecular weight excluding hydrogens is 394 g/mol. The first-order valence-corrected chi connectivity index (χ1v) is 8.04. The number of halogens is 2. The molecule has 2 aromatic carbocycles. The van der Waals surface area contributed by atoms with Crippen LogP contribution in [-0.4, -0.2) is 9.78 Å². The van der Waals surface area contributed by atoms with Crippen LogP contribution in [-0.2, 0) is 0 Å². The SMILES string of the molecule is NC(c1cnn(-c2ccccc2)c1)c1ccc(Br)cc1Br. The van der Waals surface area contributed by atoms with Gasteiger partial charge in [0, 0.05) is 20.7 Å². The first-order valence-electron chi connectivity index (χ1n) is 6.45. The third-order valence-electron chi connectivity index (χ3n) is 3.28. The number of hydrogen-bond acceptors (Lipinski definition) is 2. The summed E-state index contributed by atoms with van der Waals surface area (Å²) in [7, 11) is 0. The smallest absolute Gasteiger partial charge is 0.0645 e.